The first kappa shape index (κ1) is 24.3. The molecule has 0 saturated carbocycles. The summed E-state index contributed by atoms with van der Waals surface area (Å²) in [6.45, 7) is 6.57. The van der Waals surface area contributed by atoms with E-state index in [9.17, 15) is 4.79 Å². The molecule has 4 heterocycles. The van der Waals surface area contributed by atoms with E-state index < -0.39 is 0 Å². The monoisotopic (exact) mass is 524 g/mol. The van der Waals surface area contributed by atoms with Crippen LogP contribution in [-0.2, 0) is 6.54 Å². The van der Waals surface area contributed by atoms with Gasteiger partial charge in [-0.15, -0.1) is 22.7 Å². The van der Waals surface area contributed by atoms with Crippen LogP contribution in [0.3, 0.4) is 0 Å². The summed E-state index contributed by atoms with van der Waals surface area (Å²) in [5, 5.41) is 8.85. The standard InChI is InChI=1S/C27H29ClN4OS2/c1-19-22(26(33)29-11-14-31-12-5-2-6-13-31)16-25(32(19)17-20-8-7-15-34-20)24-18-35-27(30-24)21-9-3-4-10-23(21)28/h3-4,7-10,15-16,18H,2,5-6,11-14,17H2,1H3,(H,29,33). The van der Waals surface area contributed by atoms with Crippen molar-refractivity contribution in [2.45, 2.75) is 32.7 Å². The van der Waals surface area contributed by atoms with Gasteiger partial charge >= 0.3 is 0 Å². The van der Waals surface area contributed by atoms with Crippen molar-refractivity contribution in [3.05, 3.63) is 74.4 Å². The number of piperidine rings is 1. The van der Waals surface area contributed by atoms with Crippen molar-refractivity contribution >= 4 is 40.2 Å². The number of carbonyl (C=O) groups is 1. The van der Waals surface area contributed by atoms with E-state index in [1.54, 1.807) is 22.7 Å². The second kappa shape index (κ2) is 11.1. The van der Waals surface area contributed by atoms with Crippen LogP contribution in [0.4, 0.5) is 0 Å². The molecule has 0 unspecified atom stereocenters. The average molecular weight is 525 g/mol. The minimum absolute atomic E-state index is 0.0211. The van der Waals surface area contributed by atoms with Crippen molar-refractivity contribution in [1.82, 2.24) is 19.8 Å². The first-order chi connectivity index (χ1) is 17.1. The van der Waals surface area contributed by atoms with Gasteiger partial charge in [0.1, 0.15) is 5.01 Å². The second-order valence-corrected chi connectivity index (χ2v) is 11.2. The number of hydrogen-bond acceptors (Lipinski definition) is 5. The molecule has 1 aliphatic heterocycles. The quantitative estimate of drug-likeness (QED) is 0.284. The molecule has 5 nitrogen and oxygen atoms in total. The molecule has 0 radical (unpaired) electrons. The van der Waals surface area contributed by atoms with Crippen LogP contribution in [-0.4, -0.2) is 46.5 Å². The molecule has 182 valence electrons. The highest BCUT2D eigenvalue weighted by atomic mass is 35.5. The fraction of sp³-hybridized carbons (Fsp3) is 0.333. The Morgan fingerprint density at radius 1 is 1.11 bits per heavy atom. The number of halogens is 1. The van der Waals surface area contributed by atoms with Crippen LogP contribution in [0, 0.1) is 6.92 Å². The number of thiazole rings is 1. The number of nitrogens with zero attached hydrogens (tertiary/aromatic N) is 3. The van der Waals surface area contributed by atoms with E-state index in [4.69, 9.17) is 16.6 Å². The summed E-state index contributed by atoms with van der Waals surface area (Å²) in [4.78, 5) is 21.8. The molecule has 0 bridgehead atoms. The van der Waals surface area contributed by atoms with Crippen LogP contribution in [0.15, 0.2) is 53.2 Å². The van der Waals surface area contributed by atoms with Gasteiger partial charge in [0, 0.05) is 34.6 Å². The number of amides is 1. The van der Waals surface area contributed by atoms with E-state index in [1.807, 2.05) is 37.3 Å². The summed E-state index contributed by atoms with van der Waals surface area (Å²) in [5.41, 5.74) is 4.40. The second-order valence-electron chi connectivity index (χ2n) is 8.87. The summed E-state index contributed by atoms with van der Waals surface area (Å²) >= 11 is 9.71. The average Bonchev–Trinajstić information content (AvgIpc) is 3.62. The zero-order chi connectivity index (χ0) is 24.2. The molecule has 35 heavy (non-hydrogen) atoms. The zero-order valence-corrected chi connectivity index (χ0v) is 22.2. The fourth-order valence-electron chi connectivity index (χ4n) is 4.60. The number of hydrogen-bond donors (Lipinski definition) is 1. The predicted octanol–water partition coefficient (Wildman–Crippen LogP) is 6.57. The van der Waals surface area contributed by atoms with Gasteiger partial charge in [0.2, 0.25) is 0 Å². The molecule has 3 aromatic heterocycles. The molecule has 5 rings (SSSR count). The Morgan fingerprint density at radius 3 is 2.71 bits per heavy atom. The molecule has 1 saturated heterocycles. The van der Waals surface area contributed by atoms with E-state index >= 15 is 0 Å². The van der Waals surface area contributed by atoms with Crippen molar-refractivity contribution in [3.63, 3.8) is 0 Å². The molecule has 1 amide bonds. The highest BCUT2D eigenvalue weighted by molar-refractivity contribution is 7.13. The summed E-state index contributed by atoms with van der Waals surface area (Å²) in [5.74, 6) is -0.0211. The SMILES string of the molecule is Cc1c(C(=O)NCCN2CCCCC2)cc(-c2csc(-c3ccccc3Cl)n2)n1Cc1cccs1. The predicted molar refractivity (Wildman–Crippen MR) is 147 cm³/mol. The Kier molecular flexibility index (Phi) is 7.68. The maximum Gasteiger partial charge on any atom is 0.253 e. The van der Waals surface area contributed by atoms with E-state index in [1.165, 1.54) is 24.1 Å². The van der Waals surface area contributed by atoms with Crippen LogP contribution < -0.4 is 5.32 Å². The minimum atomic E-state index is -0.0211. The third-order valence-electron chi connectivity index (χ3n) is 6.54. The van der Waals surface area contributed by atoms with Gasteiger partial charge in [-0.2, -0.15) is 0 Å². The maximum absolute atomic E-state index is 13.2. The number of aromatic nitrogens is 2. The van der Waals surface area contributed by atoms with Crippen LogP contribution >= 0.6 is 34.3 Å². The van der Waals surface area contributed by atoms with Crippen molar-refractivity contribution in [2.75, 3.05) is 26.2 Å². The summed E-state index contributed by atoms with van der Waals surface area (Å²) in [6, 6.07) is 13.9. The third-order valence-corrected chi connectivity index (χ3v) is 8.60. The van der Waals surface area contributed by atoms with E-state index in [2.05, 4.69) is 37.7 Å². The van der Waals surface area contributed by atoms with E-state index in [-0.39, 0.29) is 5.91 Å². The lowest BCUT2D eigenvalue weighted by Crippen LogP contribution is -2.37. The number of likely N-dealkylation sites (tertiary alicyclic amines) is 1. The van der Waals surface area contributed by atoms with Gasteiger partial charge in [-0.25, -0.2) is 4.98 Å². The minimum Gasteiger partial charge on any atom is -0.351 e. The number of carbonyl (C=O) groups excluding carboxylic acids is 1. The third kappa shape index (κ3) is 5.54. The Morgan fingerprint density at radius 2 is 1.94 bits per heavy atom. The lowest BCUT2D eigenvalue weighted by atomic mass is 10.1. The lowest BCUT2D eigenvalue weighted by Gasteiger charge is -2.26. The first-order valence-corrected chi connectivity index (χ1v) is 14.2. The molecule has 0 atom stereocenters. The van der Waals surface area contributed by atoms with E-state index in [0.29, 0.717) is 23.7 Å². The topological polar surface area (TPSA) is 50.2 Å². The molecule has 1 N–H and O–H groups in total. The van der Waals surface area contributed by atoms with Crippen molar-refractivity contribution < 1.29 is 4.79 Å². The molecule has 0 spiro atoms. The van der Waals surface area contributed by atoms with Crippen LogP contribution in [0.2, 0.25) is 5.02 Å². The molecule has 8 heteroatoms. The molecule has 1 aromatic carbocycles. The summed E-state index contributed by atoms with van der Waals surface area (Å²) < 4.78 is 2.21. The summed E-state index contributed by atoms with van der Waals surface area (Å²) in [6.07, 6.45) is 3.83. The Hall–Kier alpha value is -2.45. The molecule has 1 aliphatic rings. The molecular formula is C27H29ClN4OS2. The molecule has 0 aliphatic carbocycles. The smallest absolute Gasteiger partial charge is 0.253 e. The first-order valence-electron chi connectivity index (χ1n) is 12.0. The van der Waals surface area contributed by atoms with Crippen LogP contribution in [0.1, 0.15) is 40.2 Å². The molecule has 4 aromatic rings. The summed E-state index contributed by atoms with van der Waals surface area (Å²) in [7, 11) is 0. The highest BCUT2D eigenvalue weighted by Crippen LogP contribution is 2.35. The Labute approximate surface area is 219 Å². The normalized spacial score (nSPS) is 14.3. The molecular weight excluding hydrogens is 496 g/mol. The number of rotatable bonds is 8. The van der Waals surface area contributed by atoms with Gasteiger partial charge in [-0.05, 0) is 56.4 Å². The highest BCUT2D eigenvalue weighted by Gasteiger charge is 2.21. The lowest BCUT2D eigenvalue weighted by molar-refractivity contribution is 0.0946. The van der Waals surface area contributed by atoms with Gasteiger partial charge < -0.3 is 14.8 Å². The largest absolute Gasteiger partial charge is 0.351 e. The van der Waals surface area contributed by atoms with Gasteiger partial charge in [-0.3, -0.25) is 4.79 Å². The van der Waals surface area contributed by atoms with Crippen molar-refractivity contribution in [2.24, 2.45) is 0 Å². The maximum atomic E-state index is 13.2. The van der Waals surface area contributed by atoms with Crippen molar-refractivity contribution in [3.8, 4) is 22.0 Å². The molecule has 1 fully saturated rings. The van der Waals surface area contributed by atoms with Crippen LogP contribution in [0.5, 0.6) is 0 Å². The fourth-order valence-corrected chi connectivity index (χ4v) is 6.43. The zero-order valence-electron chi connectivity index (χ0n) is 19.8. The van der Waals surface area contributed by atoms with Gasteiger partial charge in [0.15, 0.2) is 0 Å². The Bertz CT molecular complexity index is 1290. The number of benzene rings is 1. The Balaban J connectivity index is 1.41. The number of nitrogens with one attached hydrogen (secondary N) is 1. The van der Waals surface area contributed by atoms with E-state index in [0.717, 1.165) is 47.3 Å². The number of thiophene rings is 1. The van der Waals surface area contributed by atoms with Crippen molar-refractivity contribution in [1.29, 1.82) is 0 Å². The van der Waals surface area contributed by atoms with Gasteiger partial charge in [-0.1, -0.05) is 42.3 Å². The van der Waals surface area contributed by atoms with Gasteiger partial charge in [0.25, 0.3) is 5.91 Å². The van der Waals surface area contributed by atoms with Gasteiger partial charge in [0.05, 0.1) is 28.5 Å². The van der Waals surface area contributed by atoms with Crippen LogP contribution in [0.25, 0.3) is 22.0 Å².